The lowest BCUT2D eigenvalue weighted by Crippen LogP contribution is -2.38. The number of hydrogen-bond donors (Lipinski definition) is 1. The van der Waals surface area contributed by atoms with Gasteiger partial charge in [0.1, 0.15) is 23.0 Å². The lowest BCUT2D eigenvalue weighted by molar-refractivity contribution is -0.114. The van der Waals surface area contributed by atoms with Crippen molar-refractivity contribution in [2.24, 2.45) is 0 Å². The SMILES string of the molecule is COc1ccc(C)cc1S(=O)(=O)N(CC(=O)Nc1cccc(Cl)c1Cl)c1ccc(F)cc1. The number of nitrogens with zero attached hydrogens (tertiary/aromatic N) is 1. The molecule has 0 saturated carbocycles. The van der Waals surface area contributed by atoms with Crippen LogP contribution in [0, 0.1) is 12.7 Å². The smallest absolute Gasteiger partial charge is 0.268 e. The summed E-state index contributed by atoms with van der Waals surface area (Å²) in [6.07, 6.45) is 0. The maximum atomic E-state index is 13.6. The highest BCUT2D eigenvalue weighted by Gasteiger charge is 2.30. The Kier molecular flexibility index (Phi) is 7.28. The maximum Gasteiger partial charge on any atom is 0.268 e. The van der Waals surface area contributed by atoms with Crippen molar-refractivity contribution in [2.75, 3.05) is 23.3 Å². The van der Waals surface area contributed by atoms with E-state index in [4.69, 9.17) is 27.9 Å². The van der Waals surface area contributed by atoms with Crippen molar-refractivity contribution in [3.63, 3.8) is 0 Å². The fraction of sp³-hybridized carbons (Fsp3) is 0.136. The molecule has 1 amide bonds. The quantitative estimate of drug-likeness (QED) is 0.482. The van der Waals surface area contributed by atoms with Crippen LogP contribution in [0.25, 0.3) is 0 Å². The largest absolute Gasteiger partial charge is 0.495 e. The third-order valence-electron chi connectivity index (χ3n) is 4.51. The molecule has 0 atom stereocenters. The molecule has 0 aliphatic heterocycles. The van der Waals surface area contributed by atoms with E-state index < -0.39 is 28.3 Å². The topological polar surface area (TPSA) is 75.7 Å². The molecule has 0 aliphatic rings. The predicted octanol–water partition coefficient (Wildman–Crippen LogP) is 5.28. The Morgan fingerprint density at radius 1 is 1.09 bits per heavy atom. The average molecular weight is 497 g/mol. The van der Waals surface area contributed by atoms with Crippen molar-refractivity contribution >= 4 is 50.5 Å². The van der Waals surface area contributed by atoms with E-state index in [1.54, 1.807) is 25.1 Å². The summed E-state index contributed by atoms with van der Waals surface area (Å²) in [6, 6.07) is 14.1. The van der Waals surface area contributed by atoms with E-state index in [1.807, 2.05) is 0 Å². The minimum Gasteiger partial charge on any atom is -0.495 e. The van der Waals surface area contributed by atoms with Crippen LogP contribution in [0.15, 0.2) is 65.6 Å². The first-order chi connectivity index (χ1) is 15.1. The first-order valence-electron chi connectivity index (χ1n) is 9.30. The van der Waals surface area contributed by atoms with Gasteiger partial charge in [0.2, 0.25) is 5.91 Å². The number of anilines is 2. The zero-order valence-corrected chi connectivity index (χ0v) is 19.4. The number of carbonyl (C=O) groups is 1. The molecule has 1 N–H and O–H groups in total. The Bertz CT molecular complexity index is 1250. The van der Waals surface area contributed by atoms with Gasteiger partial charge in [-0.25, -0.2) is 12.8 Å². The zero-order valence-electron chi connectivity index (χ0n) is 17.1. The van der Waals surface area contributed by atoms with E-state index in [2.05, 4.69) is 5.32 Å². The molecule has 0 bridgehead atoms. The molecular weight excluding hydrogens is 478 g/mol. The summed E-state index contributed by atoms with van der Waals surface area (Å²) in [6.45, 7) is 1.13. The van der Waals surface area contributed by atoms with Crippen molar-refractivity contribution in [3.8, 4) is 5.75 Å². The van der Waals surface area contributed by atoms with Crippen LogP contribution in [0.2, 0.25) is 10.0 Å². The van der Waals surface area contributed by atoms with Crippen LogP contribution in [0.3, 0.4) is 0 Å². The molecule has 0 radical (unpaired) electrons. The van der Waals surface area contributed by atoms with Gasteiger partial charge < -0.3 is 10.1 Å². The second-order valence-electron chi connectivity index (χ2n) is 6.79. The number of hydrogen-bond acceptors (Lipinski definition) is 4. The average Bonchev–Trinajstić information content (AvgIpc) is 2.76. The number of aryl methyl sites for hydroxylation is 1. The minimum absolute atomic E-state index is 0.0994. The number of amides is 1. The Balaban J connectivity index is 2.03. The second-order valence-corrected chi connectivity index (χ2v) is 9.41. The van der Waals surface area contributed by atoms with Crippen molar-refractivity contribution in [1.82, 2.24) is 0 Å². The fourth-order valence-corrected chi connectivity index (χ4v) is 4.96. The van der Waals surface area contributed by atoms with E-state index in [0.717, 1.165) is 16.4 Å². The van der Waals surface area contributed by atoms with Gasteiger partial charge in [-0.3, -0.25) is 9.10 Å². The second kappa shape index (κ2) is 9.77. The van der Waals surface area contributed by atoms with Crippen molar-refractivity contribution in [3.05, 3.63) is 82.1 Å². The summed E-state index contributed by atoms with van der Waals surface area (Å²) < 4.78 is 46.7. The molecule has 3 aromatic carbocycles. The van der Waals surface area contributed by atoms with Crippen LogP contribution in [0.4, 0.5) is 15.8 Å². The van der Waals surface area contributed by atoms with Crippen LogP contribution >= 0.6 is 23.2 Å². The van der Waals surface area contributed by atoms with Crippen LogP contribution in [-0.4, -0.2) is 28.0 Å². The molecule has 32 heavy (non-hydrogen) atoms. The Morgan fingerprint density at radius 3 is 2.44 bits per heavy atom. The first kappa shape index (κ1) is 23.8. The molecule has 6 nitrogen and oxygen atoms in total. The molecule has 0 heterocycles. The third kappa shape index (κ3) is 5.15. The molecule has 0 fully saturated rings. The molecule has 3 rings (SSSR count). The van der Waals surface area contributed by atoms with Gasteiger partial charge >= 0.3 is 0 Å². The number of halogens is 3. The lowest BCUT2D eigenvalue weighted by Gasteiger charge is -2.25. The number of nitrogens with one attached hydrogen (secondary N) is 1. The molecule has 0 aromatic heterocycles. The summed E-state index contributed by atoms with van der Waals surface area (Å²) in [4.78, 5) is 12.7. The fourth-order valence-electron chi connectivity index (χ4n) is 2.95. The van der Waals surface area contributed by atoms with E-state index in [-0.39, 0.29) is 32.1 Å². The minimum atomic E-state index is -4.27. The van der Waals surface area contributed by atoms with Crippen molar-refractivity contribution < 1.29 is 22.3 Å². The van der Waals surface area contributed by atoms with E-state index in [9.17, 15) is 17.6 Å². The molecule has 0 saturated heterocycles. The highest BCUT2D eigenvalue weighted by molar-refractivity contribution is 7.93. The molecule has 3 aromatic rings. The number of rotatable bonds is 7. The van der Waals surface area contributed by atoms with Gasteiger partial charge in [0.25, 0.3) is 10.0 Å². The van der Waals surface area contributed by atoms with Crippen molar-refractivity contribution in [2.45, 2.75) is 11.8 Å². The summed E-state index contributed by atoms with van der Waals surface area (Å²) in [5.41, 5.74) is 1.01. The lowest BCUT2D eigenvalue weighted by atomic mass is 10.2. The van der Waals surface area contributed by atoms with Gasteiger partial charge in [0.05, 0.1) is 28.5 Å². The maximum absolute atomic E-state index is 13.6. The number of sulfonamides is 1. The highest BCUT2D eigenvalue weighted by atomic mass is 35.5. The van der Waals surface area contributed by atoms with E-state index in [0.29, 0.717) is 5.56 Å². The van der Waals surface area contributed by atoms with E-state index in [1.165, 1.54) is 37.4 Å². The molecule has 10 heteroatoms. The number of carbonyl (C=O) groups excluding carboxylic acids is 1. The van der Waals surface area contributed by atoms with Gasteiger partial charge in [-0.1, -0.05) is 35.3 Å². The zero-order chi connectivity index (χ0) is 23.5. The molecular formula is C22H19Cl2FN2O4S. The number of benzene rings is 3. The third-order valence-corrected chi connectivity index (χ3v) is 7.13. The normalized spacial score (nSPS) is 11.2. The molecule has 0 aliphatic carbocycles. The predicted molar refractivity (Wildman–Crippen MR) is 124 cm³/mol. The standard InChI is InChI=1S/C22H19Cl2FN2O4S/c1-14-6-11-19(31-2)20(12-14)32(29,30)27(16-9-7-15(25)8-10-16)13-21(28)26-18-5-3-4-17(23)22(18)24/h3-12H,13H2,1-2H3,(H,26,28). The highest BCUT2D eigenvalue weighted by Crippen LogP contribution is 2.32. The van der Waals surface area contributed by atoms with Crippen LogP contribution in [0.1, 0.15) is 5.56 Å². The first-order valence-corrected chi connectivity index (χ1v) is 11.5. The number of methoxy groups -OCH3 is 1. The molecule has 0 spiro atoms. The van der Waals surface area contributed by atoms with Gasteiger partial charge in [-0.05, 0) is 61.0 Å². The summed E-state index contributed by atoms with van der Waals surface area (Å²) in [7, 11) is -2.92. The van der Waals surface area contributed by atoms with E-state index >= 15 is 0 Å². The summed E-state index contributed by atoms with van der Waals surface area (Å²) in [5, 5.41) is 2.92. The van der Waals surface area contributed by atoms with Crippen molar-refractivity contribution in [1.29, 1.82) is 0 Å². The summed E-state index contributed by atoms with van der Waals surface area (Å²) in [5.74, 6) is -1.11. The monoisotopic (exact) mass is 496 g/mol. The molecule has 168 valence electrons. The van der Waals surface area contributed by atoms with Gasteiger partial charge in [0.15, 0.2) is 0 Å². The van der Waals surface area contributed by atoms with Crippen LogP contribution < -0.4 is 14.4 Å². The number of ether oxygens (including phenoxy) is 1. The summed E-state index contributed by atoms with van der Waals surface area (Å²) >= 11 is 12.1. The van der Waals surface area contributed by atoms with Gasteiger partial charge in [-0.15, -0.1) is 0 Å². The van der Waals surface area contributed by atoms with Gasteiger partial charge in [-0.2, -0.15) is 0 Å². The Labute approximate surface area is 195 Å². The Morgan fingerprint density at radius 2 is 1.78 bits per heavy atom. The van der Waals surface area contributed by atoms with Gasteiger partial charge in [0, 0.05) is 0 Å². The van der Waals surface area contributed by atoms with Crippen LogP contribution in [-0.2, 0) is 14.8 Å². The van der Waals surface area contributed by atoms with Crippen LogP contribution in [0.5, 0.6) is 5.75 Å². The molecule has 0 unspecified atom stereocenters. The Hall–Kier alpha value is -2.81.